The maximum absolute atomic E-state index is 12.3. The molecule has 1 N–H and O–H groups in total. The fourth-order valence-electron chi connectivity index (χ4n) is 3.32. The van der Waals surface area contributed by atoms with Gasteiger partial charge in [0.15, 0.2) is 0 Å². The Morgan fingerprint density at radius 2 is 1.90 bits per heavy atom. The number of halogens is 2. The van der Waals surface area contributed by atoms with Crippen molar-refractivity contribution in [1.82, 2.24) is 9.62 Å². The van der Waals surface area contributed by atoms with Gasteiger partial charge in [-0.05, 0) is 56.1 Å². The number of nitriles is 1. The summed E-state index contributed by atoms with van der Waals surface area (Å²) in [5.74, 6) is 0.720. The third-order valence-electron chi connectivity index (χ3n) is 4.95. The average molecular weight is 468 g/mol. The summed E-state index contributed by atoms with van der Waals surface area (Å²) >= 11 is 12.0. The Morgan fingerprint density at radius 3 is 2.60 bits per heavy atom. The van der Waals surface area contributed by atoms with Crippen molar-refractivity contribution in [1.29, 1.82) is 5.26 Å². The van der Waals surface area contributed by atoms with Crippen LogP contribution in [0.15, 0.2) is 47.4 Å². The van der Waals surface area contributed by atoms with E-state index in [4.69, 9.17) is 33.2 Å². The summed E-state index contributed by atoms with van der Waals surface area (Å²) in [6.45, 7) is 2.94. The Labute approximate surface area is 187 Å². The molecule has 3 rings (SSSR count). The van der Waals surface area contributed by atoms with Crippen LogP contribution in [0.3, 0.4) is 0 Å². The summed E-state index contributed by atoms with van der Waals surface area (Å²) in [6, 6.07) is 13.2. The van der Waals surface area contributed by atoms with Gasteiger partial charge < -0.3 is 9.64 Å². The van der Waals surface area contributed by atoms with Gasteiger partial charge in [0.1, 0.15) is 11.9 Å². The minimum Gasteiger partial charge on any atom is -0.490 e. The smallest absolute Gasteiger partial charge is 0.240 e. The molecule has 1 aliphatic heterocycles. The molecule has 1 fully saturated rings. The van der Waals surface area contributed by atoms with E-state index in [1.54, 1.807) is 24.3 Å². The number of nitrogens with one attached hydrogen (secondary N) is 1. The Morgan fingerprint density at radius 1 is 1.13 bits per heavy atom. The van der Waals surface area contributed by atoms with Crippen molar-refractivity contribution < 1.29 is 13.2 Å². The Kier molecular flexibility index (Phi) is 7.98. The first kappa shape index (κ1) is 22.9. The second-order valence-electron chi connectivity index (χ2n) is 7.13. The van der Waals surface area contributed by atoms with E-state index in [0.29, 0.717) is 28.6 Å². The van der Waals surface area contributed by atoms with Gasteiger partial charge in [0.25, 0.3) is 0 Å². The minimum absolute atomic E-state index is 0.113. The molecule has 0 amide bonds. The number of hydrogen-bond acceptors (Lipinski definition) is 5. The van der Waals surface area contributed by atoms with Crippen LogP contribution in [0, 0.1) is 11.3 Å². The summed E-state index contributed by atoms with van der Waals surface area (Å²) in [5, 5.41) is 9.91. The molecule has 1 saturated heterocycles. The lowest BCUT2D eigenvalue weighted by Gasteiger charge is -2.32. The highest BCUT2D eigenvalue weighted by Gasteiger charge is 2.21. The zero-order valence-corrected chi connectivity index (χ0v) is 18.7. The van der Waals surface area contributed by atoms with E-state index in [-0.39, 0.29) is 11.0 Å². The van der Waals surface area contributed by atoms with E-state index < -0.39 is 10.0 Å². The minimum atomic E-state index is -3.61. The summed E-state index contributed by atoms with van der Waals surface area (Å²) < 4.78 is 33.3. The van der Waals surface area contributed by atoms with Crippen molar-refractivity contribution in [3.63, 3.8) is 0 Å². The average Bonchev–Trinajstić information content (AvgIpc) is 2.75. The predicted octanol–water partition coefficient (Wildman–Crippen LogP) is 4.08. The van der Waals surface area contributed by atoms with Crippen molar-refractivity contribution in [2.75, 3.05) is 26.2 Å². The topological polar surface area (TPSA) is 82.4 Å². The molecule has 30 heavy (non-hydrogen) atoms. The molecular weight excluding hydrogens is 445 g/mol. The number of rotatable bonds is 8. The van der Waals surface area contributed by atoms with Gasteiger partial charge in [-0.3, -0.25) is 0 Å². The zero-order valence-electron chi connectivity index (χ0n) is 16.4. The van der Waals surface area contributed by atoms with E-state index in [2.05, 4.69) is 9.62 Å². The van der Waals surface area contributed by atoms with E-state index in [1.165, 1.54) is 12.1 Å². The van der Waals surface area contributed by atoms with E-state index in [9.17, 15) is 8.42 Å². The van der Waals surface area contributed by atoms with Crippen LogP contribution in [0.1, 0.15) is 24.8 Å². The Hall–Kier alpha value is -1.82. The first-order chi connectivity index (χ1) is 14.4. The maximum Gasteiger partial charge on any atom is 0.240 e. The van der Waals surface area contributed by atoms with Crippen LogP contribution in [0.4, 0.5) is 0 Å². The van der Waals surface area contributed by atoms with Crippen LogP contribution in [-0.2, 0) is 10.0 Å². The fraction of sp³-hybridized carbons (Fsp3) is 0.381. The lowest BCUT2D eigenvalue weighted by atomic mass is 10.1. The highest BCUT2D eigenvalue weighted by Crippen LogP contribution is 2.28. The first-order valence-electron chi connectivity index (χ1n) is 9.71. The number of nitrogens with zero attached hydrogens (tertiary/aromatic N) is 2. The quantitative estimate of drug-likeness (QED) is 0.591. The highest BCUT2D eigenvalue weighted by atomic mass is 35.5. The molecule has 1 heterocycles. The number of sulfonamides is 1. The van der Waals surface area contributed by atoms with E-state index in [0.717, 1.165) is 38.2 Å². The van der Waals surface area contributed by atoms with Crippen molar-refractivity contribution in [3.8, 4) is 11.8 Å². The van der Waals surface area contributed by atoms with Gasteiger partial charge in [0.05, 0.1) is 26.6 Å². The second-order valence-corrected chi connectivity index (χ2v) is 9.71. The molecule has 0 spiro atoms. The normalized spacial score (nSPS) is 15.6. The van der Waals surface area contributed by atoms with Gasteiger partial charge in [0, 0.05) is 25.7 Å². The molecule has 0 aromatic heterocycles. The third kappa shape index (κ3) is 6.34. The molecule has 6 nitrogen and oxygen atoms in total. The molecule has 0 unspecified atom stereocenters. The molecule has 1 aliphatic rings. The van der Waals surface area contributed by atoms with Gasteiger partial charge in [-0.15, -0.1) is 0 Å². The zero-order chi connectivity index (χ0) is 21.6. The number of piperidine rings is 1. The number of likely N-dealkylation sites (tertiary alicyclic amines) is 1. The van der Waals surface area contributed by atoms with Gasteiger partial charge >= 0.3 is 0 Å². The predicted molar refractivity (Wildman–Crippen MR) is 118 cm³/mol. The standard InChI is InChI=1S/C21H23Cl2N3O3S/c22-20-6-5-18(14-21(20)23)29-17-7-11-26(12-8-17)10-2-9-25-30(27,28)19-4-1-3-16(13-19)15-24/h1,3-6,13-14,17,25H,2,7-12H2. The Bertz CT molecular complexity index is 1020. The molecule has 2 aromatic carbocycles. The maximum atomic E-state index is 12.3. The van der Waals surface area contributed by atoms with Crippen molar-refractivity contribution in [2.45, 2.75) is 30.3 Å². The van der Waals surface area contributed by atoms with Crippen LogP contribution in [0.2, 0.25) is 10.0 Å². The van der Waals surface area contributed by atoms with Crippen molar-refractivity contribution in [3.05, 3.63) is 58.1 Å². The van der Waals surface area contributed by atoms with Crippen LogP contribution >= 0.6 is 23.2 Å². The summed E-state index contributed by atoms with van der Waals surface area (Å²) in [6.07, 6.45) is 2.62. The van der Waals surface area contributed by atoms with Crippen LogP contribution < -0.4 is 9.46 Å². The molecule has 9 heteroatoms. The molecule has 0 aliphatic carbocycles. The summed E-state index contributed by atoms with van der Waals surface area (Å²) in [5.41, 5.74) is 0.323. The number of ether oxygens (including phenoxy) is 1. The Balaban J connectivity index is 1.38. The molecule has 0 radical (unpaired) electrons. The summed E-state index contributed by atoms with van der Waals surface area (Å²) in [7, 11) is -3.61. The molecule has 0 saturated carbocycles. The number of hydrogen-bond donors (Lipinski definition) is 1. The van der Waals surface area contributed by atoms with E-state index >= 15 is 0 Å². The molecule has 0 bridgehead atoms. The molecule has 0 atom stereocenters. The van der Waals surface area contributed by atoms with Gasteiger partial charge in [-0.1, -0.05) is 29.3 Å². The van der Waals surface area contributed by atoms with Gasteiger partial charge in [-0.25, -0.2) is 13.1 Å². The van der Waals surface area contributed by atoms with Gasteiger partial charge in [-0.2, -0.15) is 5.26 Å². The summed E-state index contributed by atoms with van der Waals surface area (Å²) in [4.78, 5) is 2.42. The lowest BCUT2D eigenvalue weighted by molar-refractivity contribution is 0.100. The third-order valence-corrected chi connectivity index (χ3v) is 7.14. The van der Waals surface area contributed by atoms with Crippen LogP contribution in [-0.4, -0.2) is 45.6 Å². The fourth-order valence-corrected chi connectivity index (χ4v) is 4.73. The molecule has 2 aromatic rings. The molecule has 160 valence electrons. The highest BCUT2D eigenvalue weighted by molar-refractivity contribution is 7.89. The first-order valence-corrected chi connectivity index (χ1v) is 12.0. The monoisotopic (exact) mass is 467 g/mol. The van der Waals surface area contributed by atoms with Crippen molar-refractivity contribution >= 4 is 33.2 Å². The van der Waals surface area contributed by atoms with Crippen LogP contribution in [0.5, 0.6) is 5.75 Å². The number of benzene rings is 2. The molecular formula is C21H23Cl2N3O3S. The van der Waals surface area contributed by atoms with E-state index in [1.807, 2.05) is 12.1 Å². The largest absolute Gasteiger partial charge is 0.490 e. The SMILES string of the molecule is N#Cc1cccc(S(=O)(=O)NCCCN2CCC(Oc3ccc(Cl)c(Cl)c3)CC2)c1. The van der Waals surface area contributed by atoms with Gasteiger partial charge in [0.2, 0.25) is 10.0 Å². The van der Waals surface area contributed by atoms with Crippen molar-refractivity contribution in [2.24, 2.45) is 0 Å². The lowest BCUT2D eigenvalue weighted by Crippen LogP contribution is -2.39. The van der Waals surface area contributed by atoms with Crippen LogP contribution in [0.25, 0.3) is 0 Å². The second kappa shape index (κ2) is 10.5.